The van der Waals surface area contributed by atoms with Crippen LogP contribution in [0.1, 0.15) is 23.6 Å². The number of halogens is 2. The molecule has 0 bridgehead atoms. The zero-order valence-corrected chi connectivity index (χ0v) is 19.0. The number of hydrogen-bond donors (Lipinski definition) is 0. The van der Waals surface area contributed by atoms with Crippen LogP contribution >= 0.6 is 23.2 Å². The van der Waals surface area contributed by atoms with Crippen molar-refractivity contribution in [3.05, 3.63) is 51.5 Å². The number of methoxy groups -OCH3 is 3. The summed E-state index contributed by atoms with van der Waals surface area (Å²) in [5.74, 6) is 0.424. The van der Waals surface area contributed by atoms with Gasteiger partial charge in [-0.25, -0.2) is 8.42 Å². The fourth-order valence-electron chi connectivity index (χ4n) is 3.56. The van der Waals surface area contributed by atoms with E-state index in [9.17, 15) is 13.2 Å². The first kappa shape index (κ1) is 22.7. The summed E-state index contributed by atoms with van der Waals surface area (Å²) in [6.45, 7) is 0.148. The van der Waals surface area contributed by atoms with E-state index in [4.69, 9.17) is 37.4 Å². The zero-order chi connectivity index (χ0) is 22.1. The molecule has 1 unspecified atom stereocenters. The van der Waals surface area contributed by atoms with Crippen molar-refractivity contribution in [3.63, 3.8) is 0 Å². The SMILES string of the molecule is COC(=O)CC1c2cc(OC)c(OC)cc2CCN1S(=O)(=O)c1cccc(Cl)c1Cl. The van der Waals surface area contributed by atoms with Gasteiger partial charge in [0.25, 0.3) is 0 Å². The Hall–Kier alpha value is -2.00. The Morgan fingerprint density at radius 1 is 1.13 bits per heavy atom. The maximum absolute atomic E-state index is 13.5. The van der Waals surface area contributed by atoms with Gasteiger partial charge in [-0.1, -0.05) is 29.3 Å². The predicted molar refractivity (Wildman–Crippen MR) is 113 cm³/mol. The summed E-state index contributed by atoms with van der Waals surface area (Å²) in [6.07, 6.45) is 0.251. The van der Waals surface area contributed by atoms with Crippen molar-refractivity contribution < 1.29 is 27.4 Å². The largest absolute Gasteiger partial charge is 0.493 e. The molecule has 162 valence electrons. The van der Waals surface area contributed by atoms with Gasteiger partial charge in [-0.2, -0.15) is 4.31 Å². The lowest BCUT2D eigenvalue weighted by Crippen LogP contribution is -2.41. The predicted octanol–water partition coefficient (Wildman–Crippen LogP) is 3.86. The number of sulfonamides is 1. The van der Waals surface area contributed by atoms with Crippen molar-refractivity contribution in [1.82, 2.24) is 4.31 Å². The molecule has 1 aliphatic heterocycles. The van der Waals surface area contributed by atoms with E-state index in [2.05, 4.69) is 0 Å². The molecule has 0 aliphatic carbocycles. The van der Waals surface area contributed by atoms with Crippen molar-refractivity contribution in [2.75, 3.05) is 27.9 Å². The zero-order valence-electron chi connectivity index (χ0n) is 16.6. The molecule has 0 fully saturated rings. The maximum Gasteiger partial charge on any atom is 0.307 e. The van der Waals surface area contributed by atoms with Crippen molar-refractivity contribution >= 4 is 39.2 Å². The molecular weight excluding hydrogens is 453 g/mol. The lowest BCUT2D eigenvalue weighted by atomic mass is 9.91. The van der Waals surface area contributed by atoms with Gasteiger partial charge in [-0.15, -0.1) is 0 Å². The first-order valence-corrected chi connectivity index (χ1v) is 11.2. The minimum atomic E-state index is -4.06. The van der Waals surface area contributed by atoms with Crippen molar-refractivity contribution in [1.29, 1.82) is 0 Å². The molecule has 0 amide bonds. The first-order chi connectivity index (χ1) is 14.2. The third-order valence-electron chi connectivity index (χ3n) is 5.04. The van der Waals surface area contributed by atoms with Crippen LogP contribution in [-0.2, 0) is 26.0 Å². The summed E-state index contributed by atoms with van der Waals surface area (Å²) >= 11 is 12.2. The Labute approximate surface area is 185 Å². The van der Waals surface area contributed by atoms with E-state index in [1.807, 2.05) is 0 Å². The molecule has 7 nitrogen and oxygen atoms in total. The Morgan fingerprint density at radius 2 is 1.80 bits per heavy atom. The van der Waals surface area contributed by atoms with E-state index in [-0.39, 0.29) is 27.9 Å². The first-order valence-electron chi connectivity index (χ1n) is 9.02. The molecule has 3 rings (SSSR count). The Balaban J connectivity index is 2.15. The van der Waals surface area contributed by atoms with E-state index < -0.39 is 22.0 Å². The van der Waals surface area contributed by atoms with Gasteiger partial charge in [0, 0.05) is 6.54 Å². The van der Waals surface area contributed by atoms with Gasteiger partial charge in [0.2, 0.25) is 10.0 Å². The number of ether oxygens (including phenoxy) is 3. The van der Waals surface area contributed by atoms with E-state index in [1.165, 1.54) is 43.8 Å². The van der Waals surface area contributed by atoms with Crippen LogP contribution in [-0.4, -0.2) is 46.6 Å². The maximum atomic E-state index is 13.5. The molecule has 30 heavy (non-hydrogen) atoms. The molecule has 0 N–H and O–H groups in total. The van der Waals surface area contributed by atoms with Gasteiger partial charge in [0.15, 0.2) is 11.5 Å². The van der Waals surface area contributed by atoms with Crippen LogP contribution < -0.4 is 9.47 Å². The van der Waals surface area contributed by atoms with E-state index >= 15 is 0 Å². The van der Waals surface area contributed by atoms with Crippen LogP contribution in [0.5, 0.6) is 11.5 Å². The topological polar surface area (TPSA) is 82.1 Å². The second kappa shape index (κ2) is 9.01. The average Bonchev–Trinajstić information content (AvgIpc) is 2.74. The summed E-state index contributed by atoms with van der Waals surface area (Å²) < 4.78 is 43.8. The number of hydrogen-bond acceptors (Lipinski definition) is 6. The number of benzene rings is 2. The molecule has 2 aromatic carbocycles. The highest BCUT2D eigenvalue weighted by Gasteiger charge is 2.39. The highest BCUT2D eigenvalue weighted by Crippen LogP contribution is 2.43. The standard InChI is InChI=1S/C20H21Cl2NO6S/c1-27-16-9-12-7-8-23(30(25,26)18-6-4-5-14(21)20(18)22)15(11-19(24)29-3)13(12)10-17(16)28-2/h4-6,9-10,15H,7-8,11H2,1-3H3. The van der Waals surface area contributed by atoms with Gasteiger partial charge < -0.3 is 14.2 Å². The number of fused-ring (bicyclic) bond motifs is 1. The number of carbonyl (C=O) groups is 1. The third kappa shape index (κ3) is 4.09. The second-order valence-electron chi connectivity index (χ2n) is 6.62. The molecule has 10 heteroatoms. The molecule has 1 aliphatic rings. The molecule has 0 radical (unpaired) electrons. The summed E-state index contributed by atoms with van der Waals surface area (Å²) in [5, 5.41) is 0.0696. The summed E-state index contributed by atoms with van der Waals surface area (Å²) in [6, 6.07) is 7.11. The van der Waals surface area contributed by atoms with Gasteiger partial charge in [0.05, 0.1) is 43.8 Å². The number of rotatable bonds is 6. The molecule has 1 atom stereocenters. The molecule has 2 aromatic rings. The molecule has 0 spiro atoms. The molecule has 0 aromatic heterocycles. The smallest absolute Gasteiger partial charge is 0.307 e. The molecule has 0 saturated carbocycles. The third-order valence-corrected chi connectivity index (χ3v) is 7.93. The van der Waals surface area contributed by atoms with Crippen molar-refractivity contribution in [2.24, 2.45) is 0 Å². The highest BCUT2D eigenvalue weighted by atomic mass is 35.5. The Morgan fingerprint density at radius 3 is 2.43 bits per heavy atom. The Bertz CT molecular complexity index is 1070. The molecule has 1 heterocycles. The summed E-state index contributed by atoms with van der Waals surface area (Å²) in [7, 11) is 0.212. The average molecular weight is 474 g/mol. The van der Waals surface area contributed by atoms with Crippen LogP contribution in [0.3, 0.4) is 0 Å². The summed E-state index contributed by atoms with van der Waals surface area (Å²) in [5.41, 5.74) is 1.51. The van der Waals surface area contributed by atoms with Gasteiger partial charge in [-0.3, -0.25) is 4.79 Å². The van der Waals surface area contributed by atoms with Crippen LogP contribution in [0.4, 0.5) is 0 Å². The van der Waals surface area contributed by atoms with Gasteiger partial charge >= 0.3 is 5.97 Å². The monoisotopic (exact) mass is 473 g/mol. The van der Waals surface area contributed by atoms with E-state index in [0.717, 1.165) is 5.56 Å². The fraction of sp³-hybridized carbons (Fsp3) is 0.350. The fourth-order valence-corrected chi connectivity index (χ4v) is 5.90. The van der Waals surface area contributed by atoms with Crippen LogP contribution in [0.15, 0.2) is 35.2 Å². The number of nitrogens with zero attached hydrogens (tertiary/aromatic N) is 1. The number of carbonyl (C=O) groups excluding carboxylic acids is 1. The van der Waals surface area contributed by atoms with Crippen molar-refractivity contribution in [3.8, 4) is 11.5 Å². The lowest BCUT2D eigenvalue weighted by Gasteiger charge is -2.36. The van der Waals surface area contributed by atoms with Crippen LogP contribution in [0.25, 0.3) is 0 Å². The van der Waals surface area contributed by atoms with E-state index in [0.29, 0.717) is 23.5 Å². The second-order valence-corrected chi connectivity index (χ2v) is 9.26. The minimum Gasteiger partial charge on any atom is -0.493 e. The minimum absolute atomic E-state index is 0.0610. The van der Waals surface area contributed by atoms with Crippen LogP contribution in [0, 0.1) is 0 Å². The van der Waals surface area contributed by atoms with E-state index in [1.54, 1.807) is 12.1 Å². The summed E-state index contributed by atoms with van der Waals surface area (Å²) in [4.78, 5) is 12.0. The number of esters is 1. The molecular formula is C20H21Cl2NO6S. The van der Waals surface area contributed by atoms with Crippen molar-refractivity contribution in [2.45, 2.75) is 23.8 Å². The van der Waals surface area contributed by atoms with Gasteiger partial charge in [0.1, 0.15) is 4.90 Å². The highest BCUT2D eigenvalue weighted by molar-refractivity contribution is 7.89. The lowest BCUT2D eigenvalue weighted by molar-refractivity contribution is -0.141. The molecule has 0 saturated heterocycles. The normalized spacial score (nSPS) is 16.6. The quantitative estimate of drug-likeness (QED) is 0.592. The van der Waals surface area contributed by atoms with Crippen LogP contribution in [0.2, 0.25) is 10.0 Å². The van der Waals surface area contributed by atoms with Gasteiger partial charge in [-0.05, 0) is 41.8 Å². The Kier molecular flexibility index (Phi) is 6.81.